The predicted molar refractivity (Wildman–Crippen MR) is 168 cm³/mol. The van der Waals surface area contributed by atoms with Crippen LogP contribution < -0.4 is 19.7 Å². The lowest BCUT2D eigenvalue weighted by Crippen LogP contribution is -2.29. The Kier molecular flexibility index (Phi) is 7.39. The summed E-state index contributed by atoms with van der Waals surface area (Å²) in [6.45, 7) is 4.27. The number of rotatable bonds is 7. The predicted octanol–water partition coefficient (Wildman–Crippen LogP) is 8.12. The van der Waals surface area contributed by atoms with E-state index in [1.54, 1.807) is 7.11 Å². The third-order valence-corrected chi connectivity index (χ3v) is 7.95. The minimum Gasteiger partial charge on any atom is -0.497 e. The van der Waals surface area contributed by atoms with Gasteiger partial charge in [0.1, 0.15) is 17.2 Å². The molecule has 2 atom stereocenters. The molecule has 1 saturated heterocycles. The molecule has 3 aromatic carbocycles. The van der Waals surface area contributed by atoms with Crippen LogP contribution in [0.3, 0.4) is 0 Å². The van der Waals surface area contributed by atoms with Crippen molar-refractivity contribution in [1.82, 2.24) is 14.9 Å². The molecule has 206 valence electrons. The van der Waals surface area contributed by atoms with Crippen LogP contribution in [0.2, 0.25) is 5.02 Å². The molecule has 5 aromatic rings. The maximum Gasteiger partial charge on any atom is 0.174 e. The van der Waals surface area contributed by atoms with Gasteiger partial charge in [-0.25, -0.2) is 0 Å². The average Bonchev–Trinajstić information content (AvgIpc) is 3.49. The molecule has 41 heavy (non-hydrogen) atoms. The van der Waals surface area contributed by atoms with Crippen LogP contribution in [0.5, 0.6) is 17.2 Å². The van der Waals surface area contributed by atoms with Crippen LogP contribution >= 0.6 is 23.8 Å². The number of aromatic nitrogens is 2. The fraction of sp³-hybridized carbons (Fsp3) is 0.152. The van der Waals surface area contributed by atoms with Crippen LogP contribution in [0, 0.1) is 13.8 Å². The Hall–Kier alpha value is -4.33. The molecule has 8 heteroatoms. The van der Waals surface area contributed by atoms with Crippen LogP contribution in [-0.4, -0.2) is 21.8 Å². The quantitative estimate of drug-likeness (QED) is 0.196. The Balaban J connectivity index is 1.38. The fourth-order valence-electron chi connectivity index (χ4n) is 5.48. The van der Waals surface area contributed by atoms with Gasteiger partial charge in [0, 0.05) is 34.0 Å². The molecule has 6 rings (SSSR count). The monoisotopic (exact) mass is 580 g/mol. The molecule has 0 unspecified atom stereocenters. The van der Waals surface area contributed by atoms with Crippen LogP contribution in [0.15, 0.2) is 103 Å². The molecule has 2 aromatic heterocycles. The second kappa shape index (κ2) is 11.3. The molecular formula is C33H29ClN4O2S. The van der Waals surface area contributed by atoms with Crippen molar-refractivity contribution >= 4 is 34.6 Å². The number of thiocarbonyl (C=S) groups is 1. The minimum absolute atomic E-state index is 0.127. The smallest absolute Gasteiger partial charge is 0.174 e. The van der Waals surface area contributed by atoms with Crippen molar-refractivity contribution in [2.75, 3.05) is 12.0 Å². The molecule has 0 aliphatic carbocycles. The Morgan fingerprint density at radius 3 is 2.10 bits per heavy atom. The van der Waals surface area contributed by atoms with E-state index >= 15 is 0 Å². The van der Waals surface area contributed by atoms with Gasteiger partial charge in [0.2, 0.25) is 0 Å². The van der Waals surface area contributed by atoms with Crippen molar-refractivity contribution in [2.24, 2.45) is 0 Å². The van der Waals surface area contributed by atoms with E-state index in [9.17, 15) is 0 Å². The Labute approximate surface area is 250 Å². The van der Waals surface area contributed by atoms with Gasteiger partial charge in [-0.15, -0.1) is 0 Å². The van der Waals surface area contributed by atoms with Gasteiger partial charge in [0.15, 0.2) is 5.11 Å². The maximum atomic E-state index is 6.19. The van der Waals surface area contributed by atoms with Gasteiger partial charge in [0.25, 0.3) is 0 Å². The first-order chi connectivity index (χ1) is 19.9. The number of anilines is 1. The summed E-state index contributed by atoms with van der Waals surface area (Å²) in [6.07, 6.45) is 1.82. The van der Waals surface area contributed by atoms with Crippen molar-refractivity contribution in [2.45, 2.75) is 25.9 Å². The summed E-state index contributed by atoms with van der Waals surface area (Å²) in [7, 11) is 1.65. The van der Waals surface area contributed by atoms with Crippen LogP contribution in [0.1, 0.15) is 34.7 Å². The summed E-state index contributed by atoms with van der Waals surface area (Å²) in [5, 5.41) is 4.92. The normalized spacial score (nSPS) is 16.5. The molecule has 1 fully saturated rings. The summed E-state index contributed by atoms with van der Waals surface area (Å²) >= 11 is 12.1. The van der Waals surface area contributed by atoms with Gasteiger partial charge < -0.3 is 24.3 Å². The van der Waals surface area contributed by atoms with Crippen molar-refractivity contribution in [3.8, 4) is 22.9 Å². The second-order valence-corrected chi connectivity index (χ2v) is 10.7. The molecule has 1 aliphatic rings. The highest BCUT2D eigenvalue weighted by atomic mass is 35.5. The number of benzene rings is 3. The zero-order valence-electron chi connectivity index (χ0n) is 22.9. The van der Waals surface area contributed by atoms with Crippen molar-refractivity contribution in [3.63, 3.8) is 0 Å². The van der Waals surface area contributed by atoms with E-state index in [1.807, 2.05) is 97.2 Å². The number of aryl methyl sites for hydroxylation is 1. The lowest BCUT2D eigenvalue weighted by atomic mass is 9.96. The molecule has 0 amide bonds. The van der Waals surface area contributed by atoms with Crippen molar-refractivity contribution < 1.29 is 9.47 Å². The van der Waals surface area contributed by atoms with Gasteiger partial charge in [-0.1, -0.05) is 17.7 Å². The first-order valence-corrected chi connectivity index (χ1v) is 14.1. The van der Waals surface area contributed by atoms with E-state index in [0.29, 0.717) is 10.1 Å². The van der Waals surface area contributed by atoms with Gasteiger partial charge in [-0.2, -0.15) is 0 Å². The number of nitrogens with zero attached hydrogens (tertiary/aromatic N) is 3. The average molecular weight is 581 g/mol. The lowest BCUT2D eigenvalue weighted by molar-refractivity contribution is 0.413. The summed E-state index contributed by atoms with van der Waals surface area (Å²) in [4.78, 5) is 6.88. The third kappa shape index (κ3) is 5.26. The number of halogens is 1. The highest BCUT2D eigenvalue weighted by Crippen LogP contribution is 2.44. The Bertz CT molecular complexity index is 1670. The molecule has 1 N–H and O–H groups in total. The van der Waals surface area contributed by atoms with E-state index in [0.717, 1.165) is 45.7 Å². The van der Waals surface area contributed by atoms with Crippen LogP contribution in [-0.2, 0) is 0 Å². The lowest BCUT2D eigenvalue weighted by Gasteiger charge is -2.28. The number of ether oxygens (including phenoxy) is 2. The number of nitrogens with one attached hydrogen (secondary N) is 1. The molecule has 6 nitrogen and oxygen atoms in total. The summed E-state index contributed by atoms with van der Waals surface area (Å²) < 4.78 is 13.6. The zero-order chi connectivity index (χ0) is 28.5. The molecule has 0 bridgehead atoms. The van der Waals surface area contributed by atoms with E-state index in [1.165, 1.54) is 5.56 Å². The molecule has 1 aliphatic heterocycles. The standard InChI is InChI=1S/C33H29ClN4O2S/c1-21-20-29(22(2)37(21)24-9-7-23(34)8-10-24)32-31(30-6-4-5-19-35-30)36-33(41)38(32)25-11-13-27(14-12-25)40-28-17-15-26(39-3)16-18-28/h4-20,31-32H,1-3H3,(H,36,41)/t31-,32+/m0/s1. The van der Waals surface area contributed by atoms with Crippen LogP contribution in [0.4, 0.5) is 5.69 Å². The zero-order valence-corrected chi connectivity index (χ0v) is 24.5. The first-order valence-electron chi connectivity index (χ1n) is 13.3. The highest BCUT2D eigenvalue weighted by molar-refractivity contribution is 7.80. The highest BCUT2D eigenvalue weighted by Gasteiger charge is 2.42. The maximum absolute atomic E-state index is 6.19. The van der Waals surface area contributed by atoms with Gasteiger partial charge >= 0.3 is 0 Å². The Morgan fingerprint density at radius 1 is 0.829 bits per heavy atom. The summed E-state index contributed by atoms with van der Waals surface area (Å²) in [5.41, 5.74) is 6.37. The Morgan fingerprint density at radius 2 is 1.46 bits per heavy atom. The first kappa shape index (κ1) is 26.9. The van der Waals surface area contributed by atoms with Gasteiger partial charge in [-0.05, 0) is 123 Å². The van der Waals surface area contributed by atoms with Crippen molar-refractivity contribution in [1.29, 1.82) is 0 Å². The third-order valence-electron chi connectivity index (χ3n) is 7.38. The SMILES string of the molecule is COc1ccc(Oc2ccc(N3C(=S)N[C@@H](c4ccccn4)[C@H]3c3cc(C)n(-c4ccc(Cl)cc4)c3C)cc2)cc1. The molecule has 0 radical (unpaired) electrons. The molecule has 0 spiro atoms. The van der Waals surface area contributed by atoms with E-state index in [4.69, 9.17) is 38.3 Å². The number of hydrogen-bond acceptors (Lipinski definition) is 4. The van der Waals surface area contributed by atoms with E-state index in [2.05, 4.69) is 34.7 Å². The summed E-state index contributed by atoms with van der Waals surface area (Å²) in [6, 6.07) is 31.4. The number of hydrogen-bond donors (Lipinski definition) is 1. The molecule has 0 saturated carbocycles. The number of methoxy groups -OCH3 is 1. The minimum atomic E-state index is -0.141. The topological polar surface area (TPSA) is 51.6 Å². The van der Waals surface area contributed by atoms with Crippen molar-refractivity contribution in [3.05, 3.63) is 131 Å². The fourth-order valence-corrected chi connectivity index (χ4v) is 5.95. The second-order valence-electron chi connectivity index (χ2n) is 9.91. The van der Waals surface area contributed by atoms with E-state index in [-0.39, 0.29) is 12.1 Å². The molecular weight excluding hydrogens is 552 g/mol. The van der Waals surface area contributed by atoms with Crippen LogP contribution in [0.25, 0.3) is 5.69 Å². The molecule has 3 heterocycles. The number of pyridine rings is 1. The van der Waals surface area contributed by atoms with E-state index < -0.39 is 0 Å². The van der Waals surface area contributed by atoms with Gasteiger partial charge in [0.05, 0.1) is 24.9 Å². The van der Waals surface area contributed by atoms with Gasteiger partial charge in [-0.3, -0.25) is 4.98 Å². The largest absolute Gasteiger partial charge is 0.497 e. The summed E-state index contributed by atoms with van der Waals surface area (Å²) in [5.74, 6) is 2.25.